The fourth-order valence-electron chi connectivity index (χ4n) is 7.18. The summed E-state index contributed by atoms with van der Waals surface area (Å²) in [4.78, 5) is 0. The maximum Gasteiger partial charge on any atom is 0.0613 e. The van der Waals surface area contributed by atoms with Gasteiger partial charge < -0.3 is 8.97 Å². The second-order valence-corrected chi connectivity index (χ2v) is 12.1. The van der Waals surface area contributed by atoms with E-state index < -0.39 is 0 Å². The smallest absolute Gasteiger partial charge is 0.0613 e. The van der Waals surface area contributed by atoms with Crippen molar-refractivity contribution in [2.45, 2.75) is 0 Å². The third kappa shape index (κ3) is 2.76. The van der Waals surface area contributed by atoms with Crippen molar-refractivity contribution in [3.63, 3.8) is 0 Å². The zero-order chi connectivity index (χ0) is 26.7. The van der Waals surface area contributed by atoms with Crippen LogP contribution in [-0.4, -0.2) is 8.97 Å². The molecule has 0 aliphatic heterocycles. The van der Waals surface area contributed by atoms with Crippen LogP contribution in [0.15, 0.2) is 134 Å². The van der Waals surface area contributed by atoms with Gasteiger partial charge in [0.2, 0.25) is 0 Å². The number of para-hydroxylation sites is 2. The third-order valence-electron chi connectivity index (χ3n) is 8.86. The Kier molecular flexibility index (Phi) is 4.10. The Labute approximate surface area is 238 Å². The fourth-order valence-corrected chi connectivity index (χ4v) is 8.29. The van der Waals surface area contributed by atoms with Crippen molar-refractivity contribution in [2.24, 2.45) is 0 Å². The molecule has 0 fully saturated rings. The van der Waals surface area contributed by atoms with Crippen molar-refractivity contribution in [1.82, 2.24) is 8.97 Å². The number of hydrogen-bond acceptors (Lipinski definition) is 1. The first-order valence-electron chi connectivity index (χ1n) is 14.0. The lowest BCUT2D eigenvalue weighted by Crippen LogP contribution is -1.95. The van der Waals surface area contributed by atoms with E-state index in [0.717, 1.165) is 0 Å². The first-order chi connectivity index (χ1) is 20.3. The predicted octanol–water partition coefficient (Wildman–Crippen LogP) is 10.9. The number of pyridine rings is 1. The molecule has 0 N–H and O–H groups in total. The Bertz CT molecular complexity index is 2690. The summed E-state index contributed by atoms with van der Waals surface area (Å²) in [5.41, 5.74) is 6.15. The van der Waals surface area contributed by atoms with Gasteiger partial charge in [-0.25, -0.2) is 0 Å². The van der Waals surface area contributed by atoms with E-state index in [9.17, 15) is 0 Å². The summed E-state index contributed by atoms with van der Waals surface area (Å²) in [5, 5.41) is 11.8. The molecular weight excluding hydrogens is 516 g/mol. The molecule has 0 aliphatic carbocycles. The molecule has 10 rings (SSSR count). The molecule has 0 unspecified atom stereocenters. The molecule has 0 atom stereocenters. The SMILES string of the molecule is c1ccc(-n2c3ccccc3c3cc4c5c(ccc6sc7ccccc7c65)c5c6ccccc6cn5c4cc32)cc1. The predicted molar refractivity (Wildman–Crippen MR) is 177 cm³/mol. The molecule has 0 bridgehead atoms. The van der Waals surface area contributed by atoms with Gasteiger partial charge in [0, 0.05) is 69.8 Å². The molecule has 0 radical (unpaired) electrons. The molecule has 0 saturated carbocycles. The van der Waals surface area contributed by atoms with Gasteiger partial charge in [0.1, 0.15) is 0 Å². The highest BCUT2D eigenvalue weighted by Crippen LogP contribution is 2.45. The van der Waals surface area contributed by atoms with Crippen LogP contribution in [0.5, 0.6) is 0 Å². The average Bonchev–Trinajstić information content (AvgIpc) is 3.70. The monoisotopic (exact) mass is 538 g/mol. The lowest BCUT2D eigenvalue weighted by atomic mass is 9.97. The minimum Gasteiger partial charge on any atom is -0.315 e. The highest BCUT2D eigenvalue weighted by Gasteiger charge is 2.20. The van der Waals surface area contributed by atoms with Crippen LogP contribution in [-0.2, 0) is 0 Å². The van der Waals surface area contributed by atoms with Crippen molar-refractivity contribution in [3.05, 3.63) is 134 Å². The zero-order valence-electron chi connectivity index (χ0n) is 22.0. The molecule has 0 amide bonds. The van der Waals surface area contributed by atoms with Gasteiger partial charge in [-0.1, -0.05) is 84.9 Å². The minimum atomic E-state index is 1.18. The summed E-state index contributed by atoms with van der Waals surface area (Å²) in [7, 11) is 0. The lowest BCUT2D eigenvalue weighted by molar-refractivity contribution is 1.18. The summed E-state index contributed by atoms with van der Waals surface area (Å²) >= 11 is 1.89. The summed E-state index contributed by atoms with van der Waals surface area (Å²) < 4.78 is 7.54. The van der Waals surface area contributed by atoms with Crippen LogP contribution in [0.1, 0.15) is 0 Å². The van der Waals surface area contributed by atoms with E-state index in [0.29, 0.717) is 0 Å². The highest BCUT2D eigenvalue weighted by molar-refractivity contribution is 7.26. The summed E-state index contributed by atoms with van der Waals surface area (Å²) in [6.07, 6.45) is 2.32. The Morgan fingerprint density at radius 2 is 1.20 bits per heavy atom. The van der Waals surface area contributed by atoms with Crippen molar-refractivity contribution < 1.29 is 0 Å². The minimum absolute atomic E-state index is 1.18. The number of rotatable bonds is 1. The number of nitrogens with zero attached hydrogens (tertiary/aromatic N) is 2. The van der Waals surface area contributed by atoms with Gasteiger partial charge in [-0.05, 0) is 42.5 Å². The normalized spacial score (nSPS) is 12.4. The Hall–Kier alpha value is -5.12. The first kappa shape index (κ1) is 21.7. The molecule has 0 aliphatic rings. The van der Waals surface area contributed by atoms with Crippen LogP contribution < -0.4 is 0 Å². The van der Waals surface area contributed by atoms with Gasteiger partial charge in [-0.2, -0.15) is 0 Å². The van der Waals surface area contributed by atoms with Gasteiger partial charge in [0.15, 0.2) is 0 Å². The zero-order valence-corrected chi connectivity index (χ0v) is 22.8. The lowest BCUT2D eigenvalue weighted by Gasteiger charge is -2.13. The number of benzene rings is 6. The summed E-state index contributed by atoms with van der Waals surface area (Å²) in [6.45, 7) is 0. The van der Waals surface area contributed by atoms with E-state index in [1.165, 1.54) is 85.6 Å². The Morgan fingerprint density at radius 1 is 0.439 bits per heavy atom. The van der Waals surface area contributed by atoms with Crippen LogP contribution in [0.3, 0.4) is 0 Å². The van der Waals surface area contributed by atoms with Crippen molar-refractivity contribution in [3.8, 4) is 5.69 Å². The van der Waals surface area contributed by atoms with E-state index in [4.69, 9.17) is 0 Å². The van der Waals surface area contributed by atoms with Gasteiger partial charge in [0.05, 0.1) is 22.1 Å². The van der Waals surface area contributed by atoms with Gasteiger partial charge in [-0.3, -0.25) is 0 Å². The topological polar surface area (TPSA) is 9.34 Å². The molecule has 10 aromatic rings. The molecule has 6 aromatic carbocycles. The van der Waals surface area contributed by atoms with E-state index in [1.54, 1.807) is 0 Å². The van der Waals surface area contributed by atoms with E-state index >= 15 is 0 Å². The van der Waals surface area contributed by atoms with Crippen LogP contribution in [0.2, 0.25) is 0 Å². The quantitative estimate of drug-likeness (QED) is 0.184. The first-order valence-corrected chi connectivity index (χ1v) is 14.8. The highest BCUT2D eigenvalue weighted by atomic mass is 32.1. The molecule has 3 heteroatoms. The average molecular weight is 539 g/mol. The largest absolute Gasteiger partial charge is 0.315 e. The number of hydrogen-bond donors (Lipinski definition) is 0. The van der Waals surface area contributed by atoms with E-state index in [2.05, 4.69) is 143 Å². The third-order valence-corrected chi connectivity index (χ3v) is 9.99. The molecule has 0 spiro atoms. The van der Waals surface area contributed by atoms with Crippen molar-refractivity contribution >= 4 is 91.3 Å². The number of thiophene rings is 1. The Balaban J connectivity index is 1.54. The summed E-state index contributed by atoms with van der Waals surface area (Å²) in [5.74, 6) is 0. The van der Waals surface area contributed by atoms with Crippen molar-refractivity contribution in [1.29, 1.82) is 0 Å². The van der Waals surface area contributed by atoms with Crippen LogP contribution >= 0.6 is 11.3 Å². The van der Waals surface area contributed by atoms with E-state index in [1.807, 2.05) is 11.3 Å². The van der Waals surface area contributed by atoms with Crippen molar-refractivity contribution in [2.75, 3.05) is 0 Å². The molecule has 4 aromatic heterocycles. The molecule has 2 nitrogen and oxygen atoms in total. The van der Waals surface area contributed by atoms with E-state index in [-0.39, 0.29) is 0 Å². The van der Waals surface area contributed by atoms with Crippen LogP contribution in [0, 0.1) is 0 Å². The molecule has 41 heavy (non-hydrogen) atoms. The van der Waals surface area contributed by atoms with Gasteiger partial charge in [0.25, 0.3) is 0 Å². The van der Waals surface area contributed by atoms with Crippen LogP contribution in [0.4, 0.5) is 0 Å². The van der Waals surface area contributed by atoms with Gasteiger partial charge >= 0.3 is 0 Å². The number of aromatic nitrogens is 2. The second kappa shape index (κ2) is 7.75. The number of fused-ring (bicyclic) bond motifs is 15. The van der Waals surface area contributed by atoms with Crippen LogP contribution in [0.25, 0.3) is 85.6 Å². The molecule has 0 saturated heterocycles. The molecular formula is C38H22N2S. The molecule has 4 heterocycles. The fraction of sp³-hybridized carbons (Fsp3) is 0. The maximum atomic E-state index is 2.46. The maximum absolute atomic E-state index is 2.46. The summed E-state index contributed by atoms with van der Waals surface area (Å²) in [6, 6.07) is 46.8. The Morgan fingerprint density at radius 3 is 2.10 bits per heavy atom. The standard InChI is InChI=1S/C38H22N2S/c1-2-11-24(12-3-1)40-31-16-8-6-14-26(31)29-20-30-32(21-33(29)40)39-22-23-10-4-5-13-25(23)38(39)28-18-19-35-37(36(28)30)27-15-7-9-17-34(27)41-35/h1-22H. The van der Waals surface area contributed by atoms with Gasteiger partial charge in [-0.15, -0.1) is 11.3 Å². The molecule has 190 valence electrons. The second-order valence-electron chi connectivity index (χ2n) is 11.0.